The second kappa shape index (κ2) is 15.3. The summed E-state index contributed by atoms with van der Waals surface area (Å²) < 4.78 is 0. The van der Waals surface area contributed by atoms with Crippen molar-refractivity contribution in [1.82, 2.24) is 0 Å². The number of halogens is 3. The minimum atomic E-state index is -0.597. The molecule has 2 aromatic carbocycles. The highest BCUT2D eigenvalue weighted by Gasteiger charge is 2.35. The van der Waals surface area contributed by atoms with Crippen LogP contribution >= 0.6 is 67.8 Å². The lowest BCUT2D eigenvalue weighted by atomic mass is 9.85. The molecule has 0 fully saturated rings. The highest BCUT2D eigenvalue weighted by Crippen LogP contribution is 2.36. The predicted molar refractivity (Wildman–Crippen MR) is 151 cm³/mol. The van der Waals surface area contributed by atoms with Crippen molar-refractivity contribution < 1.29 is 9.59 Å². The van der Waals surface area contributed by atoms with Gasteiger partial charge in [-0.1, -0.05) is 86.0 Å². The Hall–Kier alpha value is -1.53. The lowest BCUT2D eigenvalue weighted by Gasteiger charge is -2.20. The first kappa shape index (κ1) is 28.5. The van der Waals surface area contributed by atoms with Gasteiger partial charge in [0, 0.05) is 11.4 Å². The zero-order valence-corrected chi connectivity index (χ0v) is 23.1. The van der Waals surface area contributed by atoms with Crippen molar-refractivity contribution in [3.05, 3.63) is 64.9 Å². The number of nitrogens with two attached hydrogens (primary N) is 1. The van der Waals surface area contributed by atoms with Gasteiger partial charge in [-0.05, 0) is 45.8 Å². The van der Waals surface area contributed by atoms with E-state index in [1.165, 1.54) is 6.07 Å². The average Bonchev–Trinajstić information content (AvgIpc) is 2.81. The Morgan fingerprint density at radius 2 is 1.50 bits per heavy atom. The van der Waals surface area contributed by atoms with Gasteiger partial charge in [-0.2, -0.15) is 5.26 Å². The lowest BCUT2D eigenvalue weighted by molar-refractivity contribution is 0.0979. The summed E-state index contributed by atoms with van der Waals surface area (Å²) in [6.45, 7) is 3.27. The van der Waals surface area contributed by atoms with Crippen molar-refractivity contribution in [2.75, 3.05) is 25.8 Å². The van der Waals surface area contributed by atoms with Crippen LogP contribution in [0.5, 0.6) is 0 Å². The number of carbonyl (C=O) groups is 2. The molecule has 0 aromatic heterocycles. The van der Waals surface area contributed by atoms with E-state index in [4.69, 9.17) is 5.73 Å². The van der Waals surface area contributed by atoms with Crippen molar-refractivity contribution in [2.24, 2.45) is 4.99 Å². The maximum absolute atomic E-state index is 12.7. The minimum Gasteiger partial charge on any atom is -0.398 e. The number of nitrogen functional groups attached to an aromatic ring is 1. The van der Waals surface area contributed by atoms with Gasteiger partial charge in [-0.25, -0.2) is 0 Å². The Balaban J connectivity index is 0.00000129. The minimum absolute atomic E-state index is 0.0438. The Kier molecular flexibility index (Phi) is 14.5. The third-order valence-electron chi connectivity index (χ3n) is 3.69. The number of para-hydroxylation sites is 1. The zero-order chi connectivity index (χ0) is 23.3. The summed E-state index contributed by atoms with van der Waals surface area (Å²) in [5.74, 6) is -1.18. The van der Waals surface area contributed by atoms with Gasteiger partial charge in [-0.15, -0.1) is 0 Å². The van der Waals surface area contributed by atoms with Crippen LogP contribution < -0.4 is 11.1 Å². The van der Waals surface area contributed by atoms with Gasteiger partial charge < -0.3 is 11.1 Å². The number of hydrogen-bond acceptors (Lipinski definition) is 6. The number of alkyl halides is 3. The number of rotatable bonds is 3. The summed E-state index contributed by atoms with van der Waals surface area (Å²) >= 11 is 6.45. The van der Waals surface area contributed by atoms with Crippen LogP contribution in [0.1, 0.15) is 20.7 Å². The molecule has 0 aliphatic heterocycles. The van der Waals surface area contributed by atoms with Gasteiger partial charge >= 0.3 is 0 Å². The molecule has 1 aliphatic carbocycles. The number of hydrogen-bond donors (Lipinski definition) is 2. The van der Waals surface area contributed by atoms with E-state index in [0.717, 1.165) is 5.69 Å². The molecular formula is C21H21I3N4O2. The number of carbonyl (C=O) groups excluding carboxylic acids is 2. The first-order chi connectivity index (χ1) is 14.6. The summed E-state index contributed by atoms with van der Waals surface area (Å²) in [7, 11) is 0. The van der Waals surface area contributed by atoms with Crippen molar-refractivity contribution in [3.8, 4) is 6.07 Å². The first-order valence-electron chi connectivity index (χ1n) is 8.17. The molecule has 6 nitrogen and oxygen atoms in total. The smallest absolute Gasteiger partial charge is 0.215 e. The number of ketones is 2. The highest BCUT2D eigenvalue weighted by molar-refractivity contribution is 14.1. The number of allylic oxidation sites excluding steroid dienone is 2. The number of aliphatic imine (C=N–C) groups is 1. The Morgan fingerprint density at radius 3 is 2.00 bits per heavy atom. The van der Waals surface area contributed by atoms with Crippen molar-refractivity contribution in [1.29, 1.82) is 5.26 Å². The van der Waals surface area contributed by atoms with Crippen LogP contribution in [0.2, 0.25) is 0 Å². The van der Waals surface area contributed by atoms with Crippen LogP contribution in [-0.4, -0.2) is 33.1 Å². The Morgan fingerprint density at radius 1 is 0.933 bits per heavy atom. The molecule has 1 aliphatic rings. The molecule has 9 heteroatoms. The fourth-order valence-corrected chi connectivity index (χ4v) is 2.60. The molecule has 3 N–H and O–H groups in total. The molecule has 0 saturated heterocycles. The highest BCUT2D eigenvalue weighted by atomic mass is 127. The zero-order valence-electron chi connectivity index (χ0n) is 16.7. The molecule has 0 amide bonds. The molecule has 0 heterocycles. The normalized spacial score (nSPS) is 11.2. The fourth-order valence-electron chi connectivity index (χ4n) is 2.60. The van der Waals surface area contributed by atoms with Gasteiger partial charge in [0.1, 0.15) is 17.3 Å². The van der Waals surface area contributed by atoms with E-state index in [1.807, 2.05) is 45.1 Å². The maximum atomic E-state index is 12.7. The summed E-state index contributed by atoms with van der Waals surface area (Å²) in [5.41, 5.74) is 6.71. The van der Waals surface area contributed by atoms with Gasteiger partial charge in [0.15, 0.2) is 0 Å². The number of nitrogens with zero attached hydrogens (tertiary/aromatic N) is 2. The first-order valence-corrected chi connectivity index (χ1v) is 14.6. The third-order valence-corrected chi connectivity index (χ3v) is 3.69. The SMILES string of the molecule is C=NC1=C(C#N)C(=O)c2c(Nc3ccccc3)ccc(N)c2C1=O.CI.CI.CI. The van der Waals surface area contributed by atoms with E-state index in [2.05, 4.69) is 84.8 Å². The molecule has 3 rings (SSSR count). The molecule has 0 unspecified atom stereocenters. The monoisotopic (exact) mass is 742 g/mol. The van der Waals surface area contributed by atoms with E-state index >= 15 is 0 Å². The number of benzene rings is 2. The second-order valence-corrected chi connectivity index (χ2v) is 5.10. The predicted octanol–water partition coefficient (Wildman–Crippen LogP) is 6.02. The van der Waals surface area contributed by atoms with Gasteiger partial charge in [0.25, 0.3) is 0 Å². The number of anilines is 3. The van der Waals surface area contributed by atoms with Crippen LogP contribution in [0, 0.1) is 11.3 Å². The van der Waals surface area contributed by atoms with Crippen LogP contribution in [0.3, 0.4) is 0 Å². The van der Waals surface area contributed by atoms with Gasteiger partial charge in [0.2, 0.25) is 11.6 Å². The molecule has 0 atom stereocenters. The summed E-state index contributed by atoms with van der Waals surface area (Å²) in [5, 5.41) is 12.3. The summed E-state index contributed by atoms with van der Waals surface area (Å²) in [4.78, 5) is 34.8. The van der Waals surface area contributed by atoms with E-state index in [-0.39, 0.29) is 28.1 Å². The third kappa shape index (κ3) is 6.48. The van der Waals surface area contributed by atoms with Crippen molar-refractivity contribution in [2.45, 2.75) is 0 Å². The van der Waals surface area contributed by atoms with Crippen LogP contribution in [0.25, 0.3) is 0 Å². The number of nitriles is 1. The van der Waals surface area contributed by atoms with Gasteiger partial charge in [0.05, 0.1) is 16.8 Å². The molecule has 0 bridgehead atoms. The Labute approximate surface area is 217 Å². The summed E-state index contributed by atoms with van der Waals surface area (Å²) in [6, 6.07) is 14.0. The van der Waals surface area contributed by atoms with E-state index in [9.17, 15) is 14.9 Å². The van der Waals surface area contributed by atoms with E-state index < -0.39 is 11.6 Å². The van der Waals surface area contributed by atoms with Gasteiger partial charge in [-0.3, -0.25) is 14.6 Å². The standard InChI is InChI=1S/C18H12N4O2.3CH3I/c1-21-16-11(9-19)17(23)15-13(22-10-5-3-2-4-6-10)8-7-12(20)14(15)18(16)24;3*1-2/h2-8,22H,1,20H2;3*1H3. The van der Waals surface area contributed by atoms with E-state index in [0.29, 0.717) is 5.69 Å². The maximum Gasteiger partial charge on any atom is 0.215 e. The topological polar surface area (TPSA) is 108 Å². The quantitative estimate of drug-likeness (QED) is 0.173. The van der Waals surface area contributed by atoms with Crippen molar-refractivity contribution in [3.63, 3.8) is 0 Å². The summed E-state index contributed by atoms with van der Waals surface area (Å²) in [6.07, 6.45) is 0. The van der Waals surface area contributed by atoms with Crippen LogP contribution in [0.15, 0.2) is 58.7 Å². The molecule has 158 valence electrons. The molecule has 0 saturated carbocycles. The lowest BCUT2D eigenvalue weighted by Crippen LogP contribution is -2.23. The molecule has 0 spiro atoms. The molecule has 30 heavy (non-hydrogen) atoms. The molecular weight excluding hydrogens is 721 g/mol. The molecule has 2 aromatic rings. The molecule has 0 radical (unpaired) electrons. The second-order valence-electron chi connectivity index (χ2n) is 5.10. The van der Waals surface area contributed by atoms with Crippen LogP contribution in [-0.2, 0) is 0 Å². The Bertz CT molecular complexity index is 968. The number of fused-ring (bicyclic) bond motifs is 1. The number of Topliss-reactive ketones (excluding diaryl/α,β-unsaturated/α-hetero) is 2. The number of nitrogens with one attached hydrogen (secondary N) is 1. The average molecular weight is 742 g/mol. The van der Waals surface area contributed by atoms with Crippen molar-refractivity contribution >= 4 is 103 Å². The van der Waals surface area contributed by atoms with E-state index in [1.54, 1.807) is 12.1 Å². The fraction of sp³-hybridized carbons (Fsp3) is 0.143. The van der Waals surface area contributed by atoms with Crippen LogP contribution in [0.4, 0.5) is 17.1 Å². The largest absolute Gasteiger partial charge is 0.398 e.